The highest BCUT2D eigenvalue weighted by Gasteiger charge is 2.38. The zero-order valence-electron chi connectivity index (χ0n) is 25.4. The standard InChI is InChI=1S/C34H40N4O5/c1-21-7-5-8-27(30-9-6-10-31(36-30)38-33(41-4)28(18-35-38)34(39)40)32(21)43-20-24-17-22(2)29-19-37(14-11-26(29)23(24)3)25-12-15-42-16-13-25/h5-10,17-18,25,28,33H,11-16,19-20H2,1-4H3,(H,39,40). The summed E-state index contributed by atoms with van der Waals surface area (Å²) in [5.41, 5.74) is 9.41. The molecule has 0 radical (unpaired) electrons. The van der Waals surface area contributed by atoms with E-state index in [1.165, 1.54) is 46.2 Å². The van der Waals surface area contributed by atoms with Crippen LogP contribution in [0.3, 0.4) is 0 Å². The van der Waals surface area contributed by atoms with Crippen molar-refractivity contribution >= 4 is 18.0 Å². The summed E-state index contributed by atoms with van der Waals surface area (Å²) in [5.74, 6) is -0.577. The molecule has 1 fully saturated rings. The Bertz CT molecular complexity index is 1530. The highest BCUT2D eigenvalue weighted by molar-refractivity contribution is 5.92. The fourth-order valence-electron chi connectivity index (χ4n) is 6.68. The van der Waals surface area contributed by atoms with Crippen LogP contribution in [0.25, 0.3) is 11.3 Å². The van der Waals surface area contributed by atoms with Crippen molar-refractivity contribution in [3.05, 3.63) is 75.8 Å². The molecule has 0 spiro atoms. The normalized spacial score (nSPS) is 20.8. The minimum Gasteiger partial charge on any atom is -0.488 e. The van der Waals surface area contributed by atoms with Crippen molar-refractivity contribution in [2.75, 3.05) is 31.9 Å². The average molecular weight is 585 g/mol. The van der Waals surface area contributed by atoms with E-state index in [0.717, 1.165) is 62.4 Å². The van der Waals surface area contributed by atoms with E-state index in [-0.39, 0.29) is 0 Å². The molecule has 9 heteroatoms. The van der Waals surface area contributed by atoms with Gasteiger partial charge in [-0.25, -0.2) is 9.99 Å². The Morgan fingerprint density at radius 3 is 2.63 bits per heavy atom. The monoisotopic (exact) mass is 584 g/mol. The number of carbonyl (C=O) groups is 1. The van der Waals surface area contributed by atoms with Crippen molar-refractivity contribution in [3.8, 4) is 17.0 Å². The van der Waals surface area contributed by atoms with Gasteiger partial charge in [-0.05, 0) is 91.6 Å². The summed E-state index contributed by atoms with van der Waals surface area (Å²) in [6.07, 6.45) is 3.92. The second kappa shape index (κ2) is 12.4. The van der Waals surface area contributed by atoms with Crippen LogP contribution in [0.4, 0.5) is 5.82 Å². The van der Waals surface area contributed by atoms with Gasteiger partial charge in [-0.2, -0.15) is 5.10 Å². The van der Waals surface area contributed by atoms with Crippen LogP contribution < -0.4 is 9.75 Å². The van der Waals surface area contributed by atoms with Crippen LogP contribution in [0.2, 0.25) is 0 Å². The lowest BCUT2D eigenvalue weighted by molar-refractivity contribution is -0.142. The predicted molar refractivity (Wildman–Crippen MR) is 166 cm³/mol. The number of benzene rings is 2. The molecule has 1 saturated heterocycles. The van der Waals surface area contributed by atoms with Gasteiger partial charge in [-0.15, -0.1) is 0 Å². The Kier molecular flexibility index (Phi) is 8.47. The number of hydrogen-bond acceptors (Lipinski definition) is 8. The maximum atomic E-state index is 11.7. The van der Waals surface area contributed by atoms with Crippen molar-refractivity contribution in [2.45, 2.75) is 65.5 Å². The van der Waals surface area contributed by atoms with Gasteiger partial charge in [0.2, 0.25) is 0 Å². The molecule has 3 aliphatic heterocycles. The first-order chi connectivity index (χ1) is 20.9. The van der Waals surface area contributed by atoms with Crippen LogP contribution in [0, 0.1) is 26.7 Å². The van der Waals surface area contributed by atoms with Crippen LogP contribution in [0.1, 0.15) is 46.2 Å². The second-order valence-corrected chi connectivity index (χ2v) is 11.7. The number of fused-ring (bicyclic) bond motifs is 1. The van der Waals surface area contributed by atoms with Gasteiger partial charge >= 0.3 is 5.97 Å². The maximum Gasteiger partial charge on any atom is 0.316 e. The van der Waals surface area contributed by atoms with Crippen molar-refractivity contribution < 1.29 is 24.1 Å². The van der Waals surface area contributed by atoms with Crippen molar-refractivity contribution in [1.29, 1.82) is 0 Å². The number of carboxylic acid groups (broad SMARTS) is 1. The highest BCUT2D eigenvalue weighted by Crippen LogP contribution is 2.36. The van der Waals surface area contributed by atoms with Gasteiger partial charge in [0.05, 0.1) is 5.69 Å². The number of aryl methyl sites for hydroxylation is 2. The lowest BCUT2D eigenvalue weighted by Gasteiger charge is -2.39. The molecule has 1 aromatic heterocycles. The van der Waals surface area contributed by atoms with E-state index >= 15 is 0 Å². The van der Waals surface area contributed by atoms with Crippen LogP contribution >= 0.6 is 0 Å². The lowest BCUT2D eigenvalue weighted by Crippen LogP contribution is -2.42. The van der Waals surface area contributed by atoms with E-state index in [9.17, 15) is 9.90 Å². The van der Waals surface area contributed by atoms with E-state index in [2.05, 4.69) is 29.9 Å². The molecule has 0 aliphatic carbocycles. The number of carboxylic acids is 1. The first-order valence-electron chi connectivity index (χ1n) is 15.1. The van der Waals surface area contributed by atoms with Gasteiger partial charge in [0.25, 0.3) is 0 Å². The lowest BCUT2D eigenvalue weighted by atomic mass is 9.87. The first-order valence-corrected chi connectivity index (χ1v) is 15.1. The van der Waals surface area contributed by atoms with Gasteiger partial charge in [0.15, 0.2) is 12.0 Å². The quantitative estimate of drug-likeness (QED) is 0.383. The third-order valence-electron chi connectivity index (χ3n) is 9.14. The number of aromatic nitrogens is 1. The second-order valence-electron chi connectivity index (χ2n) is 11.7. The number of anilines is 1. The number of para-hydroxylation sites is 1. The molecule has 0 bridgehead atoms. The summed E-state index contributed by atoms with van der Waals surface area (Å²) in [6.45, 7) is 10.8. The summed E-state index contributed by atoms with van der Waals surface area (Å²) in [6, 6.07) is 14.6. The molecule has 6 rings (SSSR count). The largest absolute Gasteiger partial charge is 0.488 e. The minimum absolute atomic E-state index is 0.462. The Morgan fingerprint density at radius 2 is 1.86 bits per heavy atom. The van der Waals surface area contributed by atoms with Crippen LogP contribution in [-0.4, -0.2) is 66.3 Å². The molecule has 226 valence electrons. The fraction of sp³-hybridized carbons (Fsp3) is 0.441. The van der Waals surface area contributed by atoms with Gasteiger partial charge < -0.3 is 19.3 Å². The summed E-state index contributed by atoms with van der Waals surface area (Å²) < 4.78 is 17.7. The number of aliphatic carboxylic acids is 1. The Labute approximate surface area is 253 Å². The molecule has 3 aromatic rings. The van der Waals surface area contributed by atoms with Crippen LogP contribution in [-0.2, 0) is 33.8 Å². The number of hydrogen-bond donors (Lipinski definition) is 1. The van der Waals surface area contributed by atoms with Gasteiger partial charge in [-0.1, -0.05) is 24.3 Å². The minimum atomic E-state index is -0.993. The molecular weight excluding hydrogens is 544 g/mol. The number of pyridine rings is 1. The maximum absolute atomic E-state index is 11.7. The molecule has 2 unspecified atom stereocenters. The smallest absolute Gasteiger partial charge is 0.316 e. The molecule has 43 heavy (non-hydrogen) atoms. The molecule has 1 N–H and O–H groups in total. The molecule has 2 atom stereocenters. The highest BCUT2D eigenvalue weighted by atomic mass is 16.5. The van der Waals surface area contributed by atoms with E-state index in [0.29, 0.717) is 24.2 Å². The molecule has 3 aliphatic rings. The summed E-state index contributed by atoms with van der Waals surface area (Å²) in [4.78, 5) is 19.2. The molecule has 0 amide bonds. The number of rotatable bonds is 8. The zero-order valence-corrected chi connectivity index (χ0v) is 25.4. The van der Waals surface area contributed by atoms with E-state index < -0.39 is 18.1 Å². The summed E-state index contributed by atoms with van der Waals surface area (Å²) >= 11 is 0. The SMILES string of the molecule is COC1C(C(=O)O)C=NN1c1cccc(-c2cccc(C)c2OCc2cc(C)c3c(c2C)CCN(C2CCOCC2)C3)n1. The molecule has 9 nitrogen and oxygen atoms in total. The van der Waals surface area contributed by atoms with E-state index in [4.69, 9.17) is 19.2 Å². The van der Waals surface area contributed by atoms with Crippen molar-refractivity contribution in [3.63, 3.8) is 0 Å². The van der Waals surface area contributed by atoms with E-state index in [1.54, 1.807) is 6.07 Å². The van der Waals surface area contributed by atoms with Gasteiger partial charge in [-0.3, -0.25) is 9.69 Å². The van der Waals surface area contributed by atoms with Crippen LogP contribution in [0.15, 0.2) is 47.6 Å². The molecular formula is C34H40N4O5. The Balaban J connectivity index is 1.23. The van der Waals surface area contributed by atoms with Gasteiger partial charge in [0.1, 0.15) is 18.3 Å². The number of hydrazone groups is 1. The van der Waals surface area contributed by atoms with Gasteiger partial charge in [0, 0.05) is 51.2 Å². The van der Waals surface area contributed by atoms with Crippen molar-refractivity contribution in [1.82, 2.24) is 9.88 Å². The third kappa shape index (κ3) is 5.77. The Hall–Kier alpha value is -3.79. The topological polar surface area (TPSA) is 96.7 Å². The average Bonchev–Trinajstić information content (AvgIpc) is 3.48. The number of methoxy groups -OCH3 is 1. The predicted octanol–water partition coefficient (Wildman–Crippen LogP) is 5.27. The summed E-state index contributed by atoms with van der Waals surface area (Å²) in [5, 5.41) is 15.4. The zero-order chi connectivity index (χ0) is 30.1. The van der Waals surface area contributed by atoms with Crippen molar-refractivity contribution in [2.24, 2.45) is 11.0 Å². The number of ether oxygens (including phenoxy) is 3. The first kappa shape index (κ1) is 29.3. The van der Waals surface area contributed by atoms with Crippen LogP contribution in [0.5, 0.6) is 5.75 Å². The molecule has 4 heterocycles. The Morgan fingerprint density at radius 1 is 1.07 bits per heavy atom. The molecule has 2 aromatic carbocycles. The fourth-order valence-corrected chi connectivity index (χ4v) is 6.68. The molecule has 0 saturated carbocycles. The van der Waals surface area contributed by atoms with E-state index in [1.807, 2.05) is 37.3 Å². The number of nitrogens with zero attached hydrogens (tertiary/aromatic N) is 4. The summed E-state index contributed by atoms with van der Waals surface area (Å²) in [7, 11) is 1.48. The third-order valence-corrected chi connectivity index (χ3v) is 9.14.